The number of hydrogen-bond acceptors (Lipinski definition) is 21. The number of rotatable bonds is 11. The van der Waals surface area contributed by atoms with Crippen molar-refractivity contribution in [2.45, 2.75) is 90.1 Å². The third kappa shape index (κ3) is 18.7. The van der Waals surface area contributed by atoms with Crippen molar-refractivity contribution >= 4 is 110 Å². The van der Waals surface area contributed by atoms with E-state index in [-0.39, 0.29) is 70.6 Å². The predicted octanol–water partition coefficient (Wildman–Crippen LogP) is 8.09. The zero-order chi connectivity index (χ0) is 69.5. The molecular formula is C64H79ClF3N21O8. The van der Waals surface area contributed by atoms with Crippen LogP contribution in [0.1, 0.15) is 92.3 Å². The maximum absolute atomic E-state index is 14.3. The van der Waals surface area contributed by atoms with Gasteiger partial charge in [-0.2, -0.15) is 15.3 Å². The van der Waals surface area contributed by atoms with Gasteiger partial charge in [-0.25, -0.2) is 57.5 Å². The second kappa shape index (κ2) is 30.5. The summed E-state index contributed by atoms with van der Waals surface area (Å²) in [5, 5.41) is 31.4. The van der Waals surface area contributed by atoms with E-state index in [1.54, 1.807) is 92.7 Å². The number of amides is 4. The first-order valence-electron chi connectivity index (χ1n) is 30.7. The van der Waals surface area contributed by atoms with Gasteiger partial charge in [-0.3, -0.25) is 23.6 Å². The van der Waals surface area contributed by atoms with Crippen LogP contribution in [0.25, 0.3) is 32.7 Å². The molecule has 0 aliphatic carbocycles. The Hall–Kier alpha value is -10.5. The average molecular weight is 1360 g/mol. The van der Waals surface area contributed by atoms with E-state index in [9.17, 15) is 37.1 Å². The van der Waals surface area contributed by atoms with Crippen LogP contribution >= 0.6 is 12.4 Å². The Balaban J connectivity index is 0.000000173. The maximum atomic E-state index is 14.3. The molecule has 9 aromatic rings. The fourth-order valence-electron chi connectivity index (χ4n) is 10.7. The van der Waals surface area contributed by atoms with Crippen molar-refractivity contribution in [3.8, 4) is 0 Å². The average Bonchev–Trinajstić information content (AvgIpc) is 1.75. The summed E-state index contributed by atoms with van der Waals surface area (Å²) in [4.78, 5) is 94.7. The van der Waals surface area contributed by atoms with Crippen LogP contribution in [0.3, 0.4) is 0 Å². The molecule has 0 unspecified atom stereocenters. The van der Waals surface area contributed by atoms with E-state index in [0.717, 1.165) is 50.1 Å². The third-order valence-electron chi connectivity index (χ3n) is 15.5. The van der Waals surface area contributed by atoms with Crippen molar-refractivity contribution in [2.24, 2.45) is 21.1 Å². The molecule has 0 radical (unpaired) electrons. The number of hydrogen-bond donors (Lipinski definition) is 5. The van der Waals surface area contributed by atoms with Gasteiger partial charge in [-0.1, -0.05) is 0 Å². The number of fused-ring (bicyclic) bond motifs is 3. The number of nitrogens with one attached hydrogen (secondary N) is 3. The Morgan fingerprint density at radius 3 is 1.25 bits per heavy atom. The van der Waals surface area contributed by atoms with Gasteiger partial charge in [0.2, 0.25) is 0 Å². The highest BCUT2D eigenvalue weighted by molar-refractivity contribution is 6.04. The topological polar surface area (TPSA) is 333 Å². The number of nitrogens with zero attached hydrogens (tertiary/aromatic N) is 17. The number of carbonyl (C=O) groups excluding carboxylic acids is 4. The number of nitrogen functional groups attached to an aromatic ring is 1. The number of benzene rings is 3. The third-order valence-corrected chi connectivity index (χ3v) is 15.5. The summed E-state index contributed by atoms with van der Waals surface area (Å²) < 4.78 is 56.9. The number of anilines is 6. The summed E-state index contributed by atoms with van der Waals surface area (Å²) in [5.41, 5.74) is 6.53. The highest BCUT2D eigenvalue weighted by Gasteiger charge is 2.34. The second-order valence-corrected chi connectivity index (χ2v) is 25.3. The van der Waals surface area contributed by atoms with Crippen LogP contribution in [0, 0.1) is 17.5 Å². The molecule has 4 amide bonds. The highest BCUT2D eigenvalue weighted by atomic mass is 35.5. The highest BCUT2D eigenvalue weighted by Crippen LogP contribution is 2.28. The van der Waals surface area contributed by atoms with E-state index < -0.39 is 40.6 Å². The lowest BCUT2D eigenvalue weighted by molar-refractivity contribution is 0.0227. The predicted molar refractivity (Wildman–Crippen MR) is 362 cm³/mol. The fraction of sp³-hybridized carbons (Fsp3) is 0.406. The number of likely N-dealkylation sites (N-methyl/N-ethyl adjacent to an activating group) is 3. The SMILES string of the molecule is CN(C(=O)OC(C)(C)C)[C@@H]1CCN(c2cnc(C(=O)Nc3cc(F)c4nn(C)cc4c3)cn2)C1.CN(C(=O)OC(C)(C)C)[C@@H]1CCN(c2cnc(C(=O)O)cn2)C1.CN[C@@H]1CCN(c2cnc(C(=O)Nc3cc(F)c4nn(C)cc4c3)cn2)C1.Cl.Cn1cc2cc(N)cc(F)c2n1. The summed E-state index contributed by atoms with van der Waals surface area (Å²) >= 11 is 0. The van der Waals surface area contributed by atoms with E-state index in [4.69, 9.17) is 20.3 Å². The Labute approximate surface area is 562 Å². The molecule has 3 fully saturated rings. The molecule has 6 aromatic heterocycles. The van der Waals surface area contributed by atoms with Gasteiger partial charge in [0.15, 0.2) is 23.1 Å². The first-order valence-corrected chi connectivity index (χ1v) is 30.7. The lowest BCUT2D eigenvalue weighted by atomic mass is 10.2. The van der Waals surface area contributed by atoms with Crippen molar-refractivity contribution in [1.82, 2.24) is 74.4 Å². The lowest BCUT2D eigenvalue weighted by Gasteiger charge is -2.28. The fourth-order valence-corrected chi connectivity index (χ4v) is 10.7. The van der Waals surface area contributed by atoms with Crippen LogP contribution in [0.5, 0.6) is 0 Å². The molecule has 3 aromatic carbocycles. The Morgan fingerprint density at radius 1 is 0.536 bits per heavy atom. The standard InChI is InChI=1S/C23H28FN7O3.C18H20FN7O.C15H22N4O4.C8H8FN3.ClH/c1-23(2,3)34-22(33)30(5)16-6-7-31(13-16)19-11-25-18(10-26-19)21(32)27-15-8-14-12-29(4)28-20(14)17(24)9-15;1-20-12-3-4-26(10-12)16-8-21-15(7-22-16)18(27)23-13-5-11-9-25(2)24-17(11)14(19)6-13;1-15(2,3)23-14(22)18(4)10-5-6-19(9-10)12-8-16-11(7-17-12)13(20)21;1-12-4-5-2-6(10)3-7(9)8(5)11-12;/h8-12,16H,6-7,13H2,1-5H3,(H,27,32);5-9,12,20H,3-4,10H2,1-2H3,(H,23,27);7-8,10H,5-6,9H2,1-4H3,(H,20,21);2-4H,10H2,1H3;1H/t16-;12-;10-;;/m111../s1. The summed E-state index contributed by atoms with van der Waals surface area (Å²) in [7, 11) is 10.6. The Kier molecular flexibility index (Phi) is 22.7. The van der Waals surface area contributed by atoms with Crippen LogP contribution in [-0.2, 0) is 30.6 Å². The minimum absolute atomic E-state index is 0. The molecule has 6 N–H and O–H groups in total. The van der Waals surface area contributed by atoms with Crippen molar-refractivity contribution in [2.75, 3.05) is 91.5 Å². The molecule has 3 aliphatic rings. The first-order chi connectivity index (χ1) is 45.4. The number of aromatic carboxylic acids is 1. The van der Waals surface area contributed by atoms with Crippen molar-refractivity contribution in [1.29, 1.82) is 0 Å². The molecule has 0 spiro atoms. The molecular weight excluding hydrogens is 1280 g/mol. The largest absolute Gasteiger partial charge is 0.476 e. The van der Waals surface area contributed by atoms with E-state index in [0.29, 0.717) is 70.7 Å². The summed E-state index contributed by atoms with van der Waals surface area (Å²) in [6.07, 6.45) is 15.6. The monoisotopic (exact) mass is 1360 g/mol. The quantitative estimate of drug-likeness (QED) is 0.0763. The van der Waals surface area contributed by atoms with E-state index in [1.165, 1.54) is 58.5 Å². The minimum atomic E-state index is -1.10. The van der Waals surface area contributed by atoms with Crippen LogP contribution < -0.4 is 36.4 Å². The molecule has 3 saturated heterocycles. The molecule has 12 rings (SSSR count). The van der Waals surface area contributed by atoms with Crippen molar-refractivity contribution < 1.29 is 51.7 Å². The number of aromatic nitrogens is 12. The molecule has 516 valence electrons. The van der Waals surface area contributed by atoms with Crippen LogP contribution in [0.2, 0.25) is 0 Å². The zero-order valence-electron chi connectivity index (χ0n) is 55.8. The molecule has 9 heterocycles. The number of carbonyl (C=O) groups is 5. The van der Waals surface area contributed by atoms with Gasteiger partial charge in [0, 0.05) is 132 Å². The van der Waals surface area contributed by atoms with Gasteiger partial charge in [-0.05, 0) is 104 Å². The summed E-state index contributed by atoms with van der Waals surface area (Å²) in [6.45, 7) is 15.4. The van der Waals surface area contributed by atoms with Crippen LogP contribution in [0.4, 0.5) is 57.3 Å². The first kappa shape index (κ1) is 72.3. The molecule has 3 atom stereocenters. The number of carboxylic acid groups (broad SMARTS) is 1. The van der Waals surface area contributed by atoms with Crippen LogP contribution in [-0.4, -0.2) is 194 Å². The second-order valence-electron chi connectivity index (χ2n) is 25.3. The molecule has 3 aliphatic heterocycles. The number of halogens is 4. The number of nitrogens with two attached hydrogens (primary N) is 1. The van der Waals surface area contributed by atoms with E-state index >= 15 is 0 Å². The summed E-state index contributed by atoms with van der Waals surface area (Å²) in [6, 6.07) is 9.21. The molecule has 33 heteroatoms. The summed E-state index contributed by atoms with van der Waals surface area (Å²) in [5.74, 6) is -1.45. The van der Waals surface area contributed by atoms with Gasteiger partial charge >= 0.3 is 18.2 Å². The van der Waals surface area contributed by atoms with Gasteiger partial charge < -0.3 is 60.8 Å². The van der Waals surface area contributed by atoms with Gasteiger partial charge in [-0.15, -0.1) is 12.4 Å². The lowest BCUT2D eigenvalue weighted by Crippen LogP contribution is -2.42. The smallest absolute Gasteiger partial charge is 0.410 e. The van der Waals surface area contributed by atoms with Gasteiger partial charge in [0.05, 0.1) is 49.3 Å². The molecule has 0 saturated carbocycles. The van der Waals surface area contributed by atoms with Gasteiger partial charge in [0.25, 0.3) is 11.8 Å². The minimum Gasteiger partial charge on any atom is -0.476 e. The van der Waals surface area contributed by atoms with E-state index in [1.807, 2.05) is 58.4 Å². The number of aryl methyl sites for hydroxylation is 3. The zero-order valence-corrected chi connectivity index (χ0v) is 56.6. The molecule has 0 bridgehead atoms. The number of ether oxygens (including phenoxy) is 2. The molecule has 29 nitrogen and oxygen atoms in total. The normalized spacial score (nSPS) is 15.9. The maximum Gasteiger partial charge on any atom is 0.410 e. The number of carboxylic acids is 1. The van der Waals surface area contributed by atoms with Gasteiger partial charge in [0.1, 0.15) is 56.6 Å². The molecule has 97 heavy (non-hydrogen) atoms. The van der Waals surface area contributed by atoms with E-state index in [2.05, 4.69) is 66.1 Å². The van der Waals surface area contributed by atoms with Crippen LogP contribution in [0.15, 0.2) is 92.2 Å². The Bertz CT molecular complexity index is 4280. The van der Waals surface area contributed by atoms with Crippen molar-refractivity contribution in [3.63, 3.8) is 0 Å². The van der Waals surface area contributed by atoms with Crippen molar-refractivity contribution in [3.05, 3.63) is 127 Å². The Morgan fingerprint density at radius 2 is 0.897 bits per heavy atom.